The van der Waals surface area contributed by atoms with E-state index >= 15 is 0 Å². The number of hydrogen-bond acceptors (Lipinski definition) is 4. The van der Waals surface area contributed by atoms with E-state index in [0.717, 1.165) is 4.31 Å². The third kappa shape index (κ3) is 4.02. The van der Waals surface area contributed by atoms with Gasteiger partial charge in [-0.3, -0.25) is 0 Å². The van der Waals surface area contributed by atoms with Crippen molar-refractivity contribution >= 4 is 10.0 Å². The lowest BCUT2D eigenvalue weighted by molar-refractivity contribution is 0.180. The highest BCUT2D eigenvalue weighted by atomic mass is 32.2. The van der Waals surface area contributed by atoms with Crippen LogP contribution < -0.4 is 0 Å². The van der Waals surface area contributed by atoms with Crippen LogP contribution in [0.5, 0.6) is 0 Å². The molecule has 1 fully saturated rings. The van der Waals surface area contributed by atoms with Gasteiger partial charge < -0.3 is 4.74 Å². The van der Waals surface area contributed by atoms with Crippen molar-refractivity contribution in [2.45, 2.75) is 17.7 Å². The number of ether oxygens (including phenoxy) is 1. The summed E-state index contributed by atoms with van der Waals surface area (Å²) in [7, 11) is -4.39. The molecule has 126 valence electrons. The van der Waals surface area contributed by atoms with Gasteiger partial charge in [0.25, 0.3) is 0 Å². The monoisotopic (exact) mass is 348 g/mol. The van der Waals surface area contributed by atoms with Crippen LogP contribution in [0, 0.1) is 34.7 Å². The normalized spacial score (nSPS) is 18.3. The highest BCUT2D eigenvalue weighted by Crippen LogP contribution is 2.25. The van der Waals surface area contributed by atoms with Gasteiger partial charge >= 0.3 is 0 Å². The third-order valence-corrected chi connectivity index (χ3v) is 5.43. The lowest BCUT2D eigenvalue weighted by Crippen LogP contribution is -2.37. The first kappa shape index (κ1) is 17.7. The van der Waals surface area contributed by atoms with E-state index in [-0.39, 0.29) is 31.5 Å². The molecular weight excluding hydrogens is 333 g/mol. The SMILES string of the molecule is N#CCCN(C[C@H]1CCOC1)S(=O)(=O)c1cc(F)c(F)cc1F. The van der Waals surface area contributed by atoms with Gasteiger partial charge in [-0.15, -0.1) is 0 Å². The zero-order chi connectivity index (χ0) is 17.0. The van der Waals surface area contributed by atoms with E-state index in [1.165, 1.54) is 0 Å². The Labute approximate surface area is 132 Å². The fraction of sp³-hybridized carbons (Fsp3) is 0.500. The van der Waals surface area contributed by atoms with Gasteiger partial charge in [0, 0.05) is 32.2 Å². The van der Waals surface area contributed by atoms with Crippen molar-refractivity contribution in [3.05, 3.63) is 29.6 Å². The number of hydrogen-bond donors (Lipinski definition) is 0. The van der Waals surface area contributed by atoms with Gasteiger partial charge in [-0.05, 0) is 18.4 Å². The molecule has 23 heavy (non-hydrogen) atoms. The average Bonchev–Trinajstić information content (AvgIpc) is 3.00. The van der Waals surface area contributed by atoms with E-state index in [2.05, 4.69) is 0 Å². The van der Waals surface area contributed by atoms with Gasteiger partial charge in [0.2, 0.25) is 10.0 Å². The molecule has 1 aliphatic rings. The second kappa shape index (κ2) is 7.29. The van der Waals surface area contributed by atoms with E-state index in [9.17, 15) is 21.6 Å². The van der Waals surface area contributed by atoms with Crippen molar-refractivity contribution in [3.8, 4) is 6.07 Å². The molecule has 1 aliphatic heterocycles. The van der Waals surface area contributed by atoms with Crippen LogP contribution in [0.4, 0.5) is 13.2 Å². The Kier molecular flexibility index (Phi) is 5.62. The second-order valence-corrected chi connectivity index (χ2v) is 7.10. The summed E-state index contributed by atoms with van der Waals surface area (Å²) >= 11 is 0. The minimum Gasteiger partial charge on any atom is -0.381 e. The van der Waals surface area contributed by atoms with Crippen molar-refractivity contribution < 1.29 is 26.3 Å². The summed E-state index contributed by atoms with van der Waals surface area (Å²) in [5.74, 6) is -4.37. The highest BCUT2D eigenvalue weighted by molar-refractivity contribution is 7.89. The van der Waals surface area contributed by atoms with Crippen LogP contribution in [0.3, 0.4) is 0 Å². The summed E-state index contributed by atoms with van der Waals surface area (Å²) in [5.41, 5.74) is 0. The van der Waals surface area contributed by atoms with Crippen molar-refractivity contribution in [1.29, 1.82) is 5.26 Å². The summed E-state index contributed by atoms with van der Waals surface area (Å²) in [4.78, 5) is -0.937. The van der Waals surface area contributed by atoms with Crippen LogP contribution in [-0.4, -0.2) is 39.0 Å². The molecule has 1 aromatic carbocycles. The lowest BCUT2D eigenvalue weighted by atomic mass is 10.1. The summed E-state index contributed by atoms with van der Waals surface area (Å²) in [6, 6.07) is 2.34. The van der Waals surface area contributed by atoms with Crippen LogP contribution in [0.1, 0.15) is 12.8 Å². The first-order valence-corrected chi connectivity index (χ1v) is 8.39. The summed E-state index contributed by atoms with van der Waals surface area (Å²) in [6.07, 6.45) is 0.539. The highest BCUT2D eigenvalue weighted by Gasteiger charge is 2.31. The molecule has 1 atom stereocenters. The predicted octanol–water partition coefficient (Wildman–Crippen LogP) is 2.04. The number of nitriles is 1. The lowest BCUT2D eigenvalue weighted by Gasteiger charge is -2.24. The Morgan fingerprint density at radius 1 is 1.26 bits per heavy atom. The smallest absolute Gasteiger partial charge is 0.246 e. The number of sulfonamides is 1. The van der Waals surface area contributed by atoms with Gasteiger partial charge in [-0.25, -0.2) is 21.6 Å². The quantitative estimate of drug-likeness (QED) is 0.738. The van der Waals surface area contributed by atoms with Gasteiger partial charge in [0.1, 0.15) is 10.7 Å². The summed E-state index contributed by atoms with van der Waals surface area (Å²) in [5, 5.41) is 8.67. The van der Waals surface area contributed by atoms with Crippen molar-refractivity contribution in [2.75, 3.05) is 26.3 Å². The van der Waals surface area contributed by atoms with Crippen molar-refractivity contribution in [3.63, 3.8) is 0 Å². The maximum Gasteiger partial charge on any atom is 0.246 e. The maximum absolute atomic E-state index is 13.8. The fourth-order valence-electron chi connectivity index (χ4n) is 2.34. The van der Waals surface area contributed by atoms with Crippen molar-refractivity contribution in [2.24, 2.45) is 5.92 Å². The molecule has 0 N–H and O–H groups in total. The first-order valence-electron chi connectivity index (χ1n) is 6.95. The van der Waals surface area contributed by atoms with Crippen molar-refractivity contribution in [1.82, 2.24) is 4.31 Å². The van der Waals surface area contributed by atoms with Crippen LogP contribution in [0.25, 0.3) is 0 Å². The van der Waals surface area contributed by atoms with Crippen LogP contribution in [0.15, 0.2) is 17.0 Å². The molecule has 0 saturated carbocycles. The Morgan fingerprint density at radius 3 is 2.57 bits per heavy atom. The minimum absolute atomic E-state index is 0.0302. The number of nitrogens with zero attached hydrogens (tertiary/aromatic N) is 2. The zero-order valence-electron chi connectivity index (χ0n) is 12.1. The van der Waals surface area contributed by atoms with Crippen LogP contribution in [-0.2, 0) is 14.8 Å². The number of halogens is 3. The molecule has 0 aliphatic carbocycles. The molecule has 0 bridgehead atoms. The number of benzene rings is 1. The first-order chi connectivity index (χ1) is 10.9. The van der Waals surface area contributed by atoms with E-state index in [1.54, 1.807) is 0 Å². The van der Waals surface area contributed by atoms with E-state index in [0.29, 0.717) is 25.7 Å². The van der Waals surface area contributed by atoms with E-state index in [1.807, 2.05) is 6.07 Å². The summed E-state index contributed by atoms with van der Waals surface area (Å²) in [6.45, 7) is 0.728. The maximum atomic E-state index is 13.8. The Bertz CT molecular complexity index is 713. The van der Waals surface area contributed by atoms with E-state index in [4.69, 9.17) is 10.00 Å². The molecule has 1 heterocycles. The molecule has 0 spiro atoms. The molecule has 2 rings (SSSR count). The second-order valence-electron chi connectivity index (χ2n) is 5.20. The molecule has 0 radical (unpaired) electrons. The zero-order valence-corrected chi connectivity index (χ0v) is 13.0. The molecule has 1 aromatic rings. The molecular formula is C14H15F3N2O3S. The molecule has 5 nitrogen and oxygen atoms in total. The fourth-order valence-corrected chi connectivity index (χ4v) is 3.92. The minimum atomic E-state index is -4.39. The van der Waals surface area contributed by atoms with Gasteiger partial charge in [-0.2, -0.15) is 9.57 Å². The molecule has 0 unspecified atom stereocenters. The standard InChI is InChI=1S/C14H15F3N2O3S/c15-11-6-13(17)14(7-12(11)16)23(20,21)19(4-1-3-18)8-10-2-5-22-9-10/h6-7,10H,1-2,4-5,8-9H2/t10-/m1/s1. The molecule has 1 saturated heterocycles. The van der Waals surface area contributed by atoms with Crippen LogP contribution in [0.2, 0.25) is 0 Å². The molecule has 0 aromatic heterocycles. The Balaban J connectivity index is 2.34. The topological polar surface area (TPSA) is 70.4 Å². The summed E-state index contributed by atoms with van der Waals surface area (Å²) < 4.78 is 71.3. The molecule has 9 heteroatoms. The average molecular weight is 348 g/mol. The predicted molar refractivity (Wildman–Crippen MR) is 74.2 cm³/mol. The van der Waals surface area contributed by atoms with Crippen LogP contribution >= 0.6 is 0 Å². The Hall–Kier alpha value is -1.63. The number of rotatable bonds is 6. The largest absolute Gasteiger partial charge is 0.381 e. The van der Waals surface area contributed by atoms with E-state index < -0.39 is 32.4 Å². The van der Waals surface area contributed by atoms with Gasteiger partial charge in [-0.1, -0.05) is 0 Å². The van der Waals surface area contributed by atoms with Gasteiger partial charge in [0.15, 0.2) is 11.6 Å². The van der Waals surface area contributed by atoms with Gasteiger partial charge in [0.05, 0.1) is 12.7 Å². The Morgan fingerprint density at radius 2 is 1.96 bits per heavy atom. The third-order valence-electron chi connectivity index (χ3n) is 3.55. The molecule has 0 amide bonds.